The third kappa shape index (κ3) is 5.38. The number of aromatic nitrogens is 1. The van der Waals surface area contributed by atoms with Crippen molar-refractivity contribution >= 4 is 34.9 Å². The van der Waals surface area contributed by atoms with Gasteiger partial charge in [-0.3, -0.25) is 0 Å². The highest BCUT2D eigenvalue weighted by Crippen LogP contribution is 2.55. The van der Waals surface area contributed by atoms with Crippen molar-refractivity contribution < 1.29 is 19.2 Å². The first kappa shape index (κ1) is 26.5. The van der Waals surface area contributed by atoms with E-state index in [2.05, 4.69) is 29.1 Å². The van der Waals surface area contributed by atoms with Crippen LogP contribution in [-0.2, 0) is 17.6 Å². The second kappa shape index (κ2) is 10.7. The number of carboxylic acid groups (broad SMARTS) is 1. The van der Waals surface area contributed by atoms with Gasteiger partial charge in [-0.15, -0.1) is 0 Å². The van der Waals surface area contributed by atoms with Crippen molar-refractivity contribution in [2.45, 2.75) is 64.2 Å². The van der Waals surface area contributed by atoms with E-state index in [4.69, 9.17) is 37.6 Å². The summed E-state index contributed by atoms with van der Waals surface area (Å²) in [6.45, 7) is 3.82. The maximum atomic E-state index is 10.9. The van der Waals surface area contributed by atoms with Crippen molar-refractivity contribution in [3.05, 3.63) is 63.3 Å². The Labute approximate surface area is 239 Å². The van der Waals surface area contributed by atoms with E-state index in [0.717, 1.165) is 61.4 Å². The number of hydrogen-bond acceptors (Lipinski definition) is 5. The lowest BCUT2D eigenvalue weighted by Gasteiger charge is -2.53. The second-order valence-corrected chi connectivity index (χ2v) is 12.4. The maximum Gasteiger partial charge on any atom is 0.341 e. The van der Waals surface area contributed by atoms with Crippen LogP contribution in [0.1, 0.15) is 68.3 Å². The Hall–Kier alpha value is -2.70. The minimum Gasteiger partial charge on any atom is -0.482 e. The van der Waals surface area contributed by atoms with Crippen LogP contribution in [0.2, 0.25) is 10.0 Å². The Kier molecular flexibility index (Phi) is 7.28. The number of hydrogen-bond donors (Lipinski definition) is 1. The van der Waals surface area contributed by atoms with Gasteiger partial charge in [-0.25, -0.2) is 4.79 Å². The van der Waals surface area contributed by atoms with Gasteiger partial charge in [-0.2, -0.15) is 0 Å². The van der Waals surface area contributed by atoms with Gasteiger partial charge in [0.05, 0.1) is 10.0 Å². The molecular formula is C31H34Cl2N2O4. The van der Waals surface area contributed by atoms with Gasteiger partial charge in [0.2, 0.25) is 0 Å². The fourth-order valence-corrected chi connectivity index (χ4v) is 7.25. The first-order valence-corrected chi connectivity index (χ1v) is 14.8. The summed E-state index contributed by atoms with van der Waals surface area (Å²) in [5.74, 6) is 1.84. The molecule has 6 rings (SSSR count). The highest BCUT2D eigenvalue weighted by atomic mass is 35.5. The van der Waals surface area contributed by atoms with Crippen molar-refractivity contribution in [2.24, 2.45) is 11.3 Å². The summed E-state index contributed by atoms with van der Waals surface area (Å²) in [6, 6.07) is 11.7. The van der Waals surface area contributed by atoms with Crippen LogP contribution in [0.25, 0.3) is 11.3 Å². The quantitative estimate of drug-likeness (QED) is 0.284. The summed E-state index contributed by atoms with van der Waals surface area (Å²) in [5.41, 5.74) is 5.48. The van der Waals surface area contributed by atoms with Gasteiger partial charge in [-0.05, 0) is 98.6 Å². The number of carboxylic acids is 1. The summed E-state index contributed by atoms with van der Waals surface area (Å²) in [4.78, 5) is 13.4. The van der Waals surface area contributed by atoms with Crippen LogP contribution in [0.4, 0.5) is 5.69 Å². The lowest BCUT2D eigenvalue weighted by Crippen LogP contribution is -2.47. The first-order valence-electron chi connectivity index (χ1n) is 14.0. The average Bonchev–Trinajstić information content (AvgIpc) is 3.68. The molecule has 6 nitrogen and oxygen atoms in total. The number of carbonyl (C=O) groups is 1. The summed E-state index contributed by atoms with van der Waals surface area (Å²) in [6.07, 6.45) is 8.92. The number of aryl methyl sites for hydroxylation is 1. The Morgan fingerprint density at radius 2 is 1.87 bits per heavy atom. The van der Waals surface area contributed by atoms with E-state index in [1.54, 1.807) is 0 Å². The number of aliphatic carboxylic acids is 1. The second-order valence-electron chi connectivity index (χ2n) is 11.5. The van der Waals surface area contributed by atoms with E-state index in [1.165, 1.54) is 36.9 Å². The van der Waals surface area contributed by atoms with Crippen molar-refractivity contribution in [2.75, 3.05) is 24.6 Å². The molecule has 0 bridgehead atoms. The molecular weight excluding hydrogens is 535 g/mol. The molecule has 8 heteroatoms. The average molecular weight is 570 g/mol. The molecule has 206 valence electrons. The van der Waals surface area contributed by atoms with Crippen LogP contribution >= 0.6 is 23.2 Å². The maximum absolute atomic E-state index is 10.9. The fourth-order valence-electron chi connectivity index (χ4n) is 6.67. The van der Waals surface area contributed by atoms with E-state index in [0.29, 0.717) is 33.0 Å². The topological polar surface area (TPSA) is 75.8 Å². The number of benzene rings is 2. The number of anilines is 1. The molecule has 1 spiro atoms. The minimum absolute atomic E-state index is 0.316. The summed E-state index contributed by atoms with van der Waals surface area (Å²) in [5, 5.41) is 14.7. The van der Waals surface area contributed by atoms with E-state index in [-0.39, 0.29) is 6.61 Å². The van der Waals surface area contributed by atoms with Crippen molar-refractivity contribution in [3.8, 4) is 17.0 Å². The van der Waals surface area contributed by atoms with Crippen LogP contribution in [-0.4, -0.2) is 35.9 Å². The molecule has 1 saturated heterocycles. The zero-order chi connectivity index (χ0) is 27.1. The van der Waals surface area contributed by atoms with Crippen LogP contribution < -0.4 is 9.64 Å². The molecule has 3 aromatic rings. The van der Waals surface area contributed by atoms with Gasteiger partial charge >= 0.3 is 5.97 Å². The highest BCUT2D eigenvalue weighted by molar-refractivity contribution is 6.39. The Morgan fingerprint density at radius 3 is 2.51 bits per heavy atom. The molecule has 0 amide bonds. The van der Waals surface area contributed by atoms with Crippen LogP contribution in [0, 0.1) is 11.3 Å². The molecule has 3 aliphatic rings. The Bertz CT molecular complexity index is 1350. The van der Waals surface area contributed by atoms with Gasteiger partial charge in [0, 0.05) is 35.8 Å². The van der Waals surface area contributed by atoms with E-state index >= 15 is 0 Å². The van der Waals surface area contributed by atoms with Crippen LogP contribution in [0.5, 0.6) is 5.75 Å². The predicted molar refractivity (Wildman–Crippen MR) is 153 cm³/mol. The third-order valence-electron chi connectivity index (χ3n) is 8.87. The van der Waals surface area contributed by atoms with Gasteiger partial charge < -0.3 is 19.3 Å². The standard InChI is InChI=1S/C31H34Cl2N2O4/c1-2-20-15-22(8-9-26(20)38-18-27(36)37)35-12-10-31(11-13-35)16-19(17-31)14-23-29(34-39-30(23)21-6-7-21)28-24(32)4-3-5-25(28)33/h3-5,8-9,15,19,21H,2,6-7,10-14,16-18H2,1H3,(H,36,37). The third-order valence-corrected chi connectivity index (χ3v) is 9.50. The number of rotatable bonds is 9. The lowest BCUT2D eigenvalue weighted by atomic mass is 9.56. The molecule has 2 saturated carbocycles. The summed E-state index contributed by atoms with van der Waals surface area (Å²) < 4.78 is 11.4. The lowest BCUT2D eigenvalue weighted by molar-refractivity contribution is -0.139. The molecule has 39 heavy (non-hydrogen) atoms. The van der Waals surface area contributed by atoms with Crippen LogP contribution in [0.15, 0.2) is 40.9 Å². The molecule has 2 heterocycles. The van der Waals surface area contributed by atoms with E-state index < -0.39 is 5.97 Å². The molecule has 1 N–H and O–H groups in total. The molecule has 2 aliphatic carbocycles. The Morgan fingerprint density at radius 1 is 1.15 bits per heavy atom. The summed E-state index contributed by atoms with van der Waals surface area (Å²) in [7, 11) is 0. The Balaban J connectivity index is 1.10. The zero-order valence-corrected chi connectivity index (χ0v) is 23.7. The van der Waals surface area contributed by atoms with Crippen molar-refractivity contribution in [1.29, 1.82) is 0 Å². The molecule has 0 atom stereocenters. The highest BCUT2D eigenvalue weighted by Gasteiger charge is 2.46. The molecule has 3 fully saturated rings. The van der Waals surface area contributed by atoms with Crippen LogP contribution in [0.3, 0.4) is 0 Å². The number of halogens is 2. The van der Waals surface area contributed by atoms with E-state index in [9.17, 15) is 4.79 Å². The fraction of sp³-hybridized carbons (Fsp3) is 0.484. The number of piperidine rings is 1. The largest absolute Gasteiger partial charge is 0.482 e. The summed E-state index contributed by atoms with van der Waals surface area (Å²) >= 11 is 13.1. The smallest absolute Gasteiger partial charge is 0.341 e. The molecule has 1 aliphatic heterocycles. The molecule has 0 radical (unpaired) electrons. The van der Waals surface area contributed by atoms with E-state index in [1.807, 2.05) is 24.3 Å². The zero-order valence-electron chi connectivity index (χ0n) is 22.2. The van der Waals surface area contributed by atoms with Gasteiger partial charge in [0.15, 0.2) is 6.61 Å². The molecule has 1 aromatic heterocycles. The normalized spacial score (nSPS) is 18.8. The molecule has 2 aromatic carbocycles. The van der Waals surface area contributed by atoms with Crippen molar-refractivity contribution in [1.82, 2.24) is 5.16 Å². The first-order chi connectivity index (χ1) is 18.9. The monoisotopic (exact) mass is 568 g/mol. The number of nitrogens with zero attached hydrogens (tertiary/aromatic N) is 2. The van der Waals surface area contributed by atoms with Gasteiger partial charge in [0.25, 0.3) is 0 Å². The van der Waals surface area contributed by atoms with Crippen molar-refractivity contribution in [3.63, 3.8) is 0 Å². The number of ether oxygens (including phenoxy) is 1. The van der Waals surface area contributed by atoms with Gasteiger partial charge in [-0.1, -0.05) is 41.3 Å². The SMILES string of the molecule is CCc1cc(N2CCC3(CC2)CC(Cc2c(-c4c(Cl)cccc4Cl)noc2C2CC2)C3)ccc1OCC(=O)O. The predicted octanol–water partition coefficient (Wildman–Crippen LogP) is 7.79. The minimum atomic E-state index is -0.960. The molecule has 0 unspecified atom stereocenters. The van der Waals surface area contributed by atoms with Gasteiger partial charge in [0.1, 0.15) is 17.2 Å².